The van der Waals surface area contributed by atoms with Gasteiger partial charge in [0.15, 0.2) is 0 Å². The Morgan fingerprint density at radius 3 is 2.81 bits per heavy atom. The molecule has 88 valence electrons. The van der Waals surface area contributed by atoms with Gasteiger partial charge in [0.1, 0.15) is 0 Å². The molecule has 1 heterocycles. The Kier molecular flexibility index (Phi) is 3.34. The van der Waals surface area contributed by atoms with E-state index in [1.54, 1.807) is 0 Å². The maximum Gasteiger partial charge on any atom is 0.0387 e. The molecule has 0 spiro atoms. The Hall–Kier alpha value is -1.22. The topological polar surface area (TPSA) is 18.5 Å². The molecule has 0 amide bonds. The molecule has 1 aliphatic rings. The molecule has 1 fully saturated rings. The summed E-state index contributed by atoms with van der Waals surface area (Å²) in [6.07, 6.45) is 1.26. The summed E-state index contributed by atoms with van der Waals surface area (Å²) in [7, 11) is 6.29. The molecule has 16 heavy (non-hydrogen) atoms. The number of nitrogens with zero attached hydrogens (tertiary/aromatic N) is 2. The summed E-state index contributed by atoms with van der Waals surface area (Å²) >= 11 is 0. The van der Waals surface area contributed by atoms with Crippen molar-refractivity contribution in [2.24, 2.45) is 0 Å². The van der Waals surface area contributed by atoms with Crippen LogP contribution < -0.4 is 10.2 Å². The largest absolute Gasteiger partial charge is 0.388 e. The van der Waals surface area contributed by atoms with E-state index in [-0.39, 0.29) is 0 Å². The molecule has 3 heteroatoms. The molecule has 0 radical (unpaired) electrons. The molecule has 0 aliphatic carbocycles. The first-order valence-corrected chi connectivity index (χ1v) is 5.90. The van der Waals surface area contributed by atoms with Gasteiger partial charge in [0.05, 0.1) is 0 Å². The first-order valence-electron chi connectivity index (χ1n) is 5.90. The van der Waals surface area contributed by atoms with Gasteiger partial charge >= 0.3 is 0 Å². The second kappa shape index (κ2) is 4.74. The molecule has 0 unspecified atom stereocenters. The fraction of sp³-hybridized carbons (Fsp3) is 0.538. The zero-order chi connectivity index (χ0) is 11.5. The third kappa shape index (κ3) is 2.30. The predicted octanol–water partition coefficient (Wildman–Crippen LogP) is 1.87. The lowest BCUT2D eigenvalue weighted by Crippen LogP contribution is -2.31. The first-order chi connectivity index (χ1) is 7.70. The molecule has 1 N–H and O–H groups in total. The van der Waals surface area contributed by atoms with E-state index in [9.17, 15) is 0 Å². The Morgan fingerprint density at radius 2 is 2.19 bits per heavy atom. The van der Waals surface area contributed by atoms with E-state index < -0.39 is 0 Å². The van der Waals surface area contributed by atoms with Crippen molar-refractivity contribution in [2.75, 3.05) is 44.4 Å². The molecule has 1 aromatic rings. The summed E-state index contributed by atoms with van der Waals surface area (Å²) in [4.78, 5) is 4.79. The van der Waals surface area contributed by atoms with Crippen LogP contribution in [0.1, 0.15) is 6.42 Å². The van der Waals surface area contributed by atoms with Crippen molar-refractivity contribution in [3.63, 3.8) is 0 Å². The third-order valence-corrected chi connectivity index (χ3v) is 3.39. The standard InChI is InChI=1S/C13H21N3/c1-14-11-5-4-6-12(9-11)16-8-7-13(10-16)15(2)3/h4-6,9,13-14H,7-8,10H2,1-3H3/t13-/m0/s1. The Labute approximate surface area is 98.0 Å². The molecule has 1 saturated heterocycles. The van der Waals surface area contributed by atoms with E-state index in [4.69, 9.17) is 0 Å². The molecular formula is C13H21N3. The van der Waals surface area contributed by atoms with Crippen molar-refractivity contribution in [2.45, 2.75) is 12.5 Å². The minimum atomic E-state index is 0.693. The van der Waals surface area contributed by atoms with Crippen molar-refractivity contribution in [1.29, 1.82) is 0 Å². The van der Waals surface area contributed by atoms with E-state index in [2.05, 4.69) is 53.5 Å². The number of likely N-dealkylation sites (N-methyl/N-ethyl adjacent to an activating group) is 1. The van der Waals surface area contributed by atoms with Gasteiger partial charge in [0.2, 0.25) is 0 Å². The van der Waals surface area contributed by atoms with Crippen LogP contribution in [0.2, 0.25) is 0 Å². The maximum atomic E-state index is 3.19. The second-order valence-electron chi connectivity index (χ2n) is 4.65. The van der Waals surface area contributed by atoms with Crippen LogP contribution in [0.5, 0.6) is 0 Å². The molecule has 3 nitrogen and oxygen atoms in total. The summed E-state index contributed by atoms with van der Waals surface area (Å²) in [5.41, 5.74) is 2.52. The Balaban J connectivity index is 2.08. The van der Waals surface area contributed by atoms with Crippen LogP contribution in [0.4, 0.5) is 11.4 Å². The fourth-order valence-electron chi connectivity index (χ4n) is 2.26. The lowest BCUT2D eigenvalue weighted by Gasteiger charge is -2.22. The summed E-state index contributed by atoms with van der Waals surface area (Å²) < 4.78 is 0. The van der Waals surface area contributed by atoms with Gasteiger partial charge in [-0.05, 0) is 38.7 Å². The first kappa shape index (κ1) is 11.3. The highest BCUT2D eigenvalue weighted by Crippen LogP contribution is 2.24. The number of hydrogen-bond acceptors (Lipinski definition) is 3. The summed E-state index contributed by atoms with van der Waals surface area (Å²) in [5, 5.41) is 3.19. The van der Waals surface area contributed by atoms with E-state index in [0.717, 1.165) is 13.1 Å². The number of rotatable bonds is 3. The van der Waals surface area contributed by atoms with Crippen molar-refractivity contribution < 1.29 is 0 Å². The number of nitrogens with one attached hydrogen (secondary N) is 1. The van der Waals surface area contributed by atoms with Crippen LogP contribution in [0.25, 0.3) is 0 Å². The highest BCUT2D eigenvalue weighted by Gasteiger charge is 2.23. The monoisotopic (exact) mass is 219 g/mol. The molecular weight excluding hydrogens is 198 g/mol. The van der Waals surface area contributed by atoms with Crippen molar-refractivity contribution in [3.05, 3.63) is 24.3 Å². The van der Waals surface area contributed by atoms with Crippen LogP contribution in [-0.2, 0) is 0 Å². The summed E-state index contributed by atoms with van der Waals surface area (Å²) in [5.74, 6) is 0. The van der Waals surface area contributed by atoms with Crippen LogP contribution in [0, 0.1) is 0 Å². The van der Waals surface area contributed by atoms with Gasteiger partial charge in [-0.15, -0.1) is 0 Å². The number of hydrogen-bond donors (Lipinski definition) is 1. The smallest absolute Gasteiger partial charge is 0.0387 e. The predicted molar refractivity (Wildman–Crippen MR) is 70.3 cm³/mol. The average molecular weight is 219 g/mol. The fourth-order valence-corrected chi connectivity index (χ4v) is 2.26. The normalized spacial score (nSPS) is 20.5. The van der Waals surface area contributed by atoms with Gasteiger partial charge in [-0.3, -0.25) is 0 Å². The third-order valence-electron chi connectivity index (χ3n) is 3.39. The molecule has 0 bridgehead atoms. The second-order valence-corrected chi connectivity index (χ2v) is 4.65. The van der Waals surface area contributed by atoms with Crippen LogP contribution in [-0.4, -0.2) is 45.2 Å². The molecule has 0 saturated carbocycles. The molecule has 1 aliphatic heterocycles. The maximum absolute atomic E-state index is 3.19. The van der Waals surface area contributed by atoms with Crippen molar-refractivity contribution >= 4 is 11.4 Å². The molecule has 1 atom stereocenters. The summed E-state index contributed by atoms with van der Waals surface area (Å²) in [6.45, 7) is 2.30. The average Bonchev–Trinajstić information content (AvgIpc) is 2.78. The van der Waals surface area contributed by atoms with Crippen LogP contribution >= 0.6 is 0 Å². The zero-order valence-electron chi connectivity index (χ0n) is 10.4. The van der Waals surface area contributed by atoms with Gasteiger partial charge < -0.3 is 15.1 Å². The number of anilines is 2. The quantitative estimate of drug-likeness (QED) is 0.837. The SMILES string of the molecule is CNc1cccc(N2CC[C@H](N(C)C)C2)c1. The van der Waals surface area contributed by atoms with Crippen molar-refractivity contribution in [1.82, 2.24) is 4.90 Å². The van der Waals surface area contributed by atoms with Crippen LogP contribution in [0.15, 0.2) is 24.3 Å². The highest BCUT2D eigenvalue weighted by molar-refractivity contribution is 5.58. The zero-order valence-corrected chi connectivity index (χ0v) is 10.4. The van der Waals surface area contributed by atoms with Gasteiger partial charge in [-0.25, -0.2) is 0 Å². The van der Waals surface area contributed by atoms with Gasteiger partial charge in [-0.1, -0.05) is 6.07 Å². The number of benzene rings is 1. The lowest BCUT2D eigenvalue weighted by atomic mass is 10.2. The van der Waals surface area contributed by atoms with Crippen LogP contribution in [0.3, 0.4) is 0 Å². The van der Waals surface area contributed by atoms with Crippen molar-refractivity contribution in [3.8, 4) is 0 Å². The Bertz CT molecular complexity index is 349. The van der Waals surface area contributed by atoms with E-state index >= 15 is 0 Å². The highest BCUT2D eigenvalue weighted by atomic mass is 15.2. The summed E-state index contributed by atoms with van der Waals surface area (Å²) in [6, 6.07) is 9.32. The molecule has 1 aromatic carbocycles. The van der Waals surface area contributed by atoms with Gasteiger partial charge in [0, 0.05) is 37.6 Å². The van der Waals surface area contributed by atoms with E-state index in [1.807, 2.05) is 7.05 Å². The lowest BCUT2D eigenvalue weighted by molar-refractivity contribution is 0.315. The minimum Gasteiger partial charge on any atom is -0.388 e. The van der Waals surface area contributed by atoms with E-state index in [0.29, 0.717) is 6.04 Å². The Morgan fingerprint density at radius 1 is 1.38 bits per heavy atom. The minimum absolute atomic E-state index is 0.693. The molecule has 0 aromatic heterocycles. The van der Waals surface area contributed by atoms with E-state index in [1.165, 1.54) is 17.8 Å². The molecule has 2 rings (SSSR count). The van der Waals surface area contributed by atoms with Gasteiger partial charge in [-0.2, -0.15) is 0 Å². The van der Waals surface area contributed by atoms with Gasteiger partial charge in [0.25, 0.3) is 0 Å².